The second-order valence-electron chi connectivity index (χ2n) is 4.14. The number of hydrogen-bond donors (Lipinski definition) is 3. The van der Waals surface area contributed by atoms with E-state index in [0.29, 0.717) is 13.1 Å². The van der Waals surface area contributed by atoms with Crippen LogP contribution in [0.15, 0.2) is 18.2 Å². The number of benzene rings is 1. The van der Waals surface area contributed by atoms with E-state index in [2.05, 4.69) is 10.6 Å². The van der Waals surface area contributed by atoms with Gasteiger partial charge in [-0.25, -0.2) is 4.79 Å². The van der Waals surface area contributed by atoms with E-state index < -0.39 is 0 Å². The summed E-state index contributed by atoms with van der Waals surface area (Å²) in [6, 6.07) is 5.76. The van der Waals surface area contributed by atoms with Crippen LogP contribution in [-0.4, -0.2) is 38.1 Å². The van der Waals surface area contributed by atoms with Gasteiger partial charge in [-0.2, -0.15) is 0 Å². The van der Waals surface area contributed by atoms with Gasteiger partial charge in [0.2, 0.25) is 0 Å². The molecular formula is C12H20N4O. The van der Waals surface area contributed by atoms with Crippen LogP contribution < -0.4 is 16.4 Å². The van der Waals surface area contributed by atoms with Crippen LogP contribution in [0.1, 0.15) is 5.56 Å². The molecule has 5 heteroatoms. The van der Waals surface area contributed by atoms with E-state index in [1.807, 2.05) is 25.1 Å². The Morgan fingerprint density at radius 2 is 2.06 bits per heavy atom. The van der Waals surface area contributed by atoms with Crippen molar-refractivity contribution in [1.82, 2.24) is 10.2 Å². The number of rotatable bonds is 4. The quantitative estimate of drug-likeness (QED) is 0.544. The topological polar surface area (TPSA) is 70.4 Å². The fraction of sp³-hybridized carbons (Fsp3) is 0.417. The lowest BCUT2D eigenvalue weighted by molar-refractivity contribution is 0.218. The van der Waals surface area contributed by atoms with Gasteiger partial charge in [-0.1, -0.05) is 6.07 Å². The molecule has 0 bridgehead atoms. The van der Waals surface area contributed by atoms with Gasteiger partial charge >= 0.3 is 6.03 Å². The second-order valence-corrected chi connectivity index (χ2v) is 4.14. The van der Waals surface area contributed by atoms with Gasteiger partial charge < -0.3 is 21.3 Å². The third-order valence-corrected chi connectivity index (χ3v) is 2.33. The van der Waals surface area contributed by atoms with E-state index in [0.717, 1.165) is 16.9 Å². The Bertz CT molecular complexity index is 390. The predicted octanol–water partition coefficient (Wildman–Crippen LogP) is 1.26. The number of carbonyl (C=O) groups is 1. The molecule has 0 fully saturated rings. The third-order valence-electron chi connectivity index (χ3n) is 2.33. The molecule has 0 saturated carbocycles. The van der Waals surface area contributed by atoms with Crippen LogP contribution >= 0.6 is 0 Å². The molecule has 0 unspecified atom stereocenters. The zero-order chi connectivity index (χ0) is 12.8. The number of urea groups is 1. The molecule has 0 saturated heterocycles. The van der Waals surface area contributed by atoms with E-state index in [1.54, 1.807) is 14.1 Å². The molecule has 0 aliphatic rings. The number of nitrogens with zero attached hydrogens (tertiary/aromatic N) is 1. The van der Waals surface area contributed by atoms with Gasteiger partial charge in [0.1, 0.15) is 0 Å². The van der Waals surface area contributed by atoms with E-state index in [1.165, 1.54) is 4.90 Å². The van der Waals surface area contributed by atoms with Gasteiger partial charge in [-0.15, -0.1) is 0 Å². The summed E-state index contributed by atoms with van der Waals surface area (Å²) >= 11 is 0. The maximum Gasteiger partial charge on any atom is 0.316 e. The van der Waals surface area contributed by atoms with Crippen LogP contribution in [0.25, 0.3) is 0 Å². The van der Waals surface area contributed by atoms with Gasteiger partial charge in [0, 0.05) is 27.2 Å². The molecule has 94 valence electrons. The van der Waals surface area contributed by atoms with Crippen molar-refractivity contribution in [3.05, 3.63) is 23.8 Å². The Balaban J connectivity index is 2.34. The van der Waals surface area contributed by atoms with Crippen molar-refractivity contribution in [1.29, 1.82) is 0 Å². The molecule has 0 aliphatic heterocycles. The molecule has 0 spiro atoms. The van der Waals surface area contributed by atoms with Gasteiger partial charge in [0.05, 0.1) is 11.4 Å². The number of anilines is 2. The summed E-state index contributed by atoms with van der Waals surface area (Å²) in [5, 5.41) is 5.94. The van der Waals surface area contributed by atoms with Gasteiger partial charge in [-0.05, 0) is 24.6 Å². The monoisotopic (exact) mass is 236 g/mol. The van der Waals surface area contributed by atoms with Crippen molar-refractivity contribution in [3.8, 4) is 0 Å². The zero-order valence-corrected chi connectivity index (χ0v) is 10.6. The van der Waals surface area contributed by atoms with Crippen LogP contribution in [0.5, 0.6) is 0 Å². The molecule has 0 atom stereocenters. The van der Waals surface area contributed by atoms with E-state index in [-0.39, 0.29) is 6.03 Å². The molecule has 0 heterocycles. The summed E-state index contributed by atoms with van der Waals surface area (Å²) < 4.78 is 0. The molecule has 0 radical (unpaired) electrons. The van der Waals surface area contributed by atoms with E-state index in [4.69, 9.17) is 5.73 Å². The number of nitrogens with two attached hydrogens (primary N) is 1. The summed E-state index contributed by atoms with van der Waals surface area (Å²) in [6.45, 7) is 3.20. The first-order valence-corrected chi connectivity index (χ1v) is 5.56. The third kappa shape index (κ3) is 4.22. The summed E-state index contributed by atoms with van der Waals surface area (Å²) in [4.78, 5) is 12.7. The predicted molar refractivity (Wildman–Crippen MR) is 71.2 cm³/mol. The Kier molecular flexibility index (Phi) is 4.63. The van der Waals surface area contributed by atoms with E-state index >= 15 is 0 Å². The van der Waals surface area contributed by atoms with Crippen LogP contribution in [-0.2, 0) is 0 Å². The number of nitrogens with one attached hydrogen (secondary N) is 2. The smallest absolute Gasteiger partial charge is 0.316 e. The Morgan fingerprint density at radius 3 is 2.65 bits per heavy atom. The first-order valence-electron chi connectivity index (χ1n) is 5.56. The Morgan fingerprint density at radius 1 is 1.35 bits per heavy atom. The summed E-state index contributed by atoms with van der Waals surface area (Å²) in [7, 11) is 3.42. The number of nitrogen functional groups attached to an aromatic ring is 1. The van der Waals surface area contributed by atoms with Gasteiger partial charge in [0.15, 0.2) is 0 Å². The molecule has 0 aliphatic carbocycles. The zero-order valence-electron chi connectivity index (χ0n) is 10.6. The van der Waals surface area contributed by atoms with Crippen molar-refractivity contribution >= 4 is 17.4 Å². The fourth-order valence-electron chi connectivity index (χ4n) is 1.37. The van der Waals surface area contributed by atoms with Crippen LogP contribution in [0, 0.1) is 6.92 Å². The lowest BCUT2D eigenvalue weighted by Gasteiger charge is -2.13. The second kappa shape index (κ2) is 5.98. The molecule has 4 N–H and O–H groups in total. The normalized spacial score (nSPS) is 9.82. The molecule has 0 aromatic heterocycles. The first kappa shape index (κ1) is 13.2. The number of hydrogen-bond acceptors (Lipinski definition) is 3. The molecule has 1 aromatic rings. The lowest BCUT2D eigenvalue weighted by atomic mass is 10.2. The minimum atomic E-state index is -0.0938. The van der Waals surface area contributed by atoms with Crippen LogP contribution in [0.4, 0.5) is 16.2 Å². The highest BCUT2D eigenvalue weighted by Crippen LogP contribution is 2.18. The van der Waals surface area contributed by atoms with Crippen LogP contribution in [0.3, 0.4) is 0 Å². The summed E-state index contributed by atoms with van der Waals surface area (Å²) in [6.07, 6.45) is 0. The fourth-order valence-corrected chi connectivity index (χ4v) is 1.37. The number of aryl methyl sites for hydroxylation is 1. The van der Waals surface area contributed by atoms with Gasteiger partial charge in [0.25, 0.3) is 0 Å². The van der Waals surface area contributed by atoms with Gasteiger partial charge in [-0.3, -0.25) is 0 Å². The highest BCUT2D eigenvalue weighted by atomic mass is 16.2. The average molecular weight is 236 g/mol. The molecule has 5 nitrogen and oxygen atoms in total. The maximum absolute atomic E-state index is 11.2. The number of carbonyl (C=O) groups excluding carboxylic acids is 1. The van der Waals surface area contributed by atoms with E-state index in [9.17, 15) is 4.79 Å². The van der Waals surface area contributed by atoms with Crippen LogP contribution in [0.2, 0.25) is 0 Å². The highest BCUT2D eigenvalue weighted by Gasteiger charge is 2.01. The largest absolute Gasteiger partial charge is 0.397 e. The van der Waals surface area contributed by atoms with Crippen molar-refractivity contribution in [2.45, 2.75) is 6.92 Å². The highest BCUT2D eigenvalue weighted by molar-refractivity contribution is 5.73. The molecule has 1 rings (SSSR count). The molecule has 1 aromatic carbocycles. The first-order chi connectivity index (χ1) is 8.00. The van der Waals surface area contributed by atoms with Crippen molar-refractivity contribution < 1.29 is 4.79 Å². The summed E-state index contributed by atoms with van der Waals surface area (Å²) in [5.74, 6) is 0. The minimum Gasteiger partial charge on any atom is -0.397 e. The summed E-state index contributed by atoms with van der Waals surface area (Å²) in [5.41, 5.74) is 8.61. The van der Waals surface area contributed by atoms with Crippen molar-refractivity contribution in [3.63, 3.8) is 0 Å². The molecule has 17 heavy (non-hydrogen) atoms. The minimum absolute atomic E-state index is 0.0938. The Hall–Kier alpha value is -1.91. The molecular weight excluding hydrogens is 216 g/mol. The van der Waals surface area contributed by atoms with Crippen molar-refractivity contribution in [2.75, 3.05) is 38.2 Å². The number of amides is 2. The Labute approximate surface area is 102 Å². The molecule has 2 amide bonds. The average Bonchev–Trinajstić information content (AvgIpc) is 2.26. The standard InChI is InChI=1S/C12H20N4O/c1-9-4-5-11(10(13)8-9)14-6-7-15-12(17)16(2)3/h4-5,8,14H,6-7,13H2,1-3H3,(H,15,17). The SMILES string of the molecule is Cc1ccc(NCCNC(=O)N(C)C)c(N)c1. The maximum atomic E-state index is 11.2. The van der Waals surface area contributed by atoms with Crippen molar-refractivity contribution in [2.24, 2.45) is 0 Å². The lowest BCUT2D eigenvalue weighted by Crippen LogP contribution is -2.37.